The summed E-state index contributed by atoms with van der Waals surface area (Å²) < 4.78 is 13.6. The van der Waals surface area contributed by atoms with Crippen molar-refractivity contribution < 1.29 is 14.0 Å². The average molecular weight is 415 g/mol. The van der Waals surface area contributed by atoms with Crippen LogP contribution in [0.4, 0.5) is 10.1 Å². The Bertz CT molecular complexity index is 942. The maximum atomic E-state index is 13.2. The van der Waals surface area contributed by atoms with Crippen molar-refractivity contribution in [2.75, 3.05) is 11.9 Å². The SMILES string of the molecule is CCc1ccc(/C=C2/SC(=S)N(CCC(=O)Nc3cccc(F)c3)C2=O)cc1. The minimum absolute atomic E-state index is 0.0709. The molecule has 0 radical (unpaired) electrons. The molecule has 1 aliphatic rings. The molecule has 144 valence electrons. The normalized spacial score (nSPS) is 15.4. The lowest BCUT2D eigenvalue weighted by molar-refractivity contribution is -0.122. The molecule has 1 fully saturated rings. The van der Waals surface area contributed by atoms with Crippen LogP contribution in [0.15, 0.2) is 53.4 Å². The highest BCUT2D eigenvalue weighted by atomic mass is 32.2. The van der Waals surface area contributed by atoms with Gasteiger partial charge in [0, 0.05) is 18.7 Å². The van der Waals surface area contributed by atoms with E-state index < -0.39 is 5.82 Å². The molecule has 28 heavy (non-hydrogen) atoms. The van der Waals surface area contributed by atoms with E-state index in [1.165, 1.54) is 40.4 Å². The van der Waals surface area contributed by atoms with Gasteiger partial charge in [0.05, 0.1) is 4.91 Å². The van der Waals surface area contributed by atoms with Gasteiger partial charge in [-0.1, -0.05) is 61.2 Å². The van der Waals surface area contributed by atoms with Crippen molar-refractivity contribution in [3.63, 3.8) is 0 Å². The van der Waals surface area contributed by atoms with Gasteiger partial charge in [0.1, 0.15) is 10.1 Å². The Morgan fingerprint density at radius 1 is 1.25 bits per heavy atom. The smallest absolute Gasteiger partial charge is 0.266 e. The van der Waals surface area contributed by atoms with Crippen molar-refractivity contribution in [3.05, 3.63) is 70.4 Å². The Morgan fingerprint density at radius 2 is 2.00 bits per heavy atom. The van der Waals surface area contributed by atoms with Crippen LogP contribution in [0, 0.1) is 5.82 Å². The number of nitrogens with one attached hydrogen (secondary N) is 1. The molecule has 1 aliphatic heterocycles. The number of hydrogen-bond acceptors (Lipinski definition) is 4. The molecule has 7 heteroatoms. The van der Waals surface area contributed by atoms with Crippen LogP contribution >= 0.6 is 24.0 Å². The van der Waals surface area contributed by atoms with E-state index in [1.54, 1.807) is 6.07 Å². The van der Waals surface area contributed by atoms with Gasteiger partial charge in [0.15, 0.2) is 0 Å². The molecule has 4 nitrogen and oxygen atoms in total. The van der Waals surface area contributed by atoms with E-state index >= 15 is 0 Å². The zero-order chi connectivity index (χ0) is 20.1. The molecular weight excluding hydrogens is 395 g/mol. The maximum absolute atomic E-state index is 13.2. The first-order valence-electron chi connectivity index (χ1n) is 8.86. The van der Waals surface area contributed by atoms with Gasteiger partial charge in [-0.2, -0.15) is 0 Å². The lowest BCUT2D eigenvalue weighted by Gasteiger charge is -2.14. The number of benzene rings is 2. The van der Waals surface area contributed by atoms with Gasteiger partial charge in [-0.25, -0.2) is 4.39 Å². The van der Waals surface area contributed by atoms with Crippen LogP contribution in [-0.2, 0) is 16.0 Å². The minimum atomic E-state index is -0.424. The highest BCUT2D eigenvalue weighted by molar-refractivity contribution is 8.26. The molecule has 1 saturated heterocycles. The van der Waals surface area contributed by atoms with E-state index in [-0.39, 0.29) is 24.8 Å². The molecule has 2 aromatic rings. The number of nitrogens with zero attached hydrogens (tertiary/aromatic N) is 1. The van der Waals surface area contributed by atoms with E-state index in [4.69, 9.17) is 12.2 Å². The predicted molar refractivity (Wildman–Crippen MR) is 115 cm³/mol. The van der Waals surface area contributed by atoms with Crippen LogP contribution < -0.4 is 5.32 Å². The second-order valence-corrected chi connectivity index (χ2v) is 7.91. The van der Waals surface area contributed by atoms with Crippen LogP contribution in [0.2, 0.25) is 0 Å². The van der Waals surface area contributed by atoms with Crippen molar-refractivity contribution in [2.24, 2.45) is 0 Å². The monoisotopic (exact) mass is 414 g/mol. The third-order valence-corrected chi connectivity index (χ3v) is 5.61. The van der Waals surface area contributed by atoms with Gasteiger partial charge in [0.25, 0.3) is 5.91 Å². The fourth-order valence-electron chi connectivity index (χ4n) is 2.70. The fraction of sp³-hybridized carbons (Fsp3) is 0.190. The summed E-state index contributed by atoms with van der Waals surface area (Å²) in [5.41, 5.74) is 2.54. The van der Waals surface area contributed by atoms with E-state index in [9.17, 15) is 14.0 Å². The summed E-state index contributed by atoms with van der Waals surface area (Å²) in [6.07, 6.45) is 2.84. The number of aryl methyl sites for hydroxylation is 1. The van der Waals surface area contributed by atoms with Crippen molar-refractivity contribution >= 4 is 51.9 Å². The highest BCUT2D eigenvalue weighted by Gasteiger charge is 2.32. The largest absolute Gasteiger partial charge is 0.326 e. The number of carbonyl (C=O) groups is 2. The van der Waals surface area contributed by atoms with Crippen LogP contribution in [0.25, 0.3) is 6.08 Å². The molecule has 2 aromatic carbocycles. The molecule has 0 unspecified atom stereocenters. The van der Waals surface area contributed by atoms with Gasteiger partial charge in [-0.05, 0) is 41.8 Å². The second-order valence-electron chi connectivity index (χ2n) is 6.24. The zero-order valence-corrected chi connectivity index (χ0v) is 16.9. The standard InChI is InChI=1S/C21H19FN2O2S2/c1-2-14-6-8-15(9-7-14)12-18-20(26)24(21(27)28-18)11-10-19(25)23-17-5-3-4-16(22)13-17/h3-9,12-13H,2,10-11H2,1H3,(H,23,25)/b18-12+. The number of carbonyl (C=O) groups excluding carboxylic acids is 2. The van der Waals surface area contributed by atoms with Crippen LogP contribution in [0.5, 0.6) is 0 Å². The molecule has 0 spiro atoms. The summed E-state index contributed by atoms with van der Waals surface area (Å²) >= 11 is 6.53. The summed E-state index contributed by atoms with van der Waals surface area (Å²) in [5.74, 6) is -0.932. The van der Waals surface area contributed by atoms with Crippen LogP contribution in [-0.4, -0.2) is 27.6 Å². The van der Waals surface area contributed by atoms with Gasteiger partial charge >= 0.3 is 0 Å². The Balaban J connectivity index is 1.60. The first-order valence-corrected chi connectivity index (χ1v) is 10.1. The lowest BCUT2D eigenvalue weighted by Crippen LogP contribution is -2.31. The average Bonchev–Trinajstić information content (AvgIpc) is 2.93. The second kappa shape index (κ2) is 9.12. The summed E-state index contributed by atoms with van der Waals surface area (Å²) in [6, 6.07) is 13.7. The van der Waals surface area contributed by atoms with E-state index in [0.29, 0.717) is 14.9 Å². The molecule has 0 aliphatic carbocycles. The molecule has 0 saturated carbocycles. The molecule has 0 aromatic heterocycles. The van der Waals surface area contributed by atoms with Gasteiger partial charge in [-0.3, -0.25) is 14.5 Å². The summed E-state index contributed by atoms with van der Waals surface area (Å²) in [7, 11) is 0. The van der Waals surface area contributed by atoms with Gasteiger partial charge in [-0.15, -0.1) is 0 Å². The molecule has 1 heterocycles. The molecular formula is C21H19FN2O2S2. The third kappa shape index (κ3) is 5.05. The van der Waals surface area contributed by atoms with Gasteiger partial charge < -0.3 is 5.32 Å². The van der Waals surface area contributed by atoms with Crippen LogP contribution in [0.1, 0.15) is 24.5 Å². The molecule has 0 bridgehead atoms. The van der Waals surface area contributed by atoms with Crippen LogP contribution in [0.3, 0.4) is 0 Å². The van der Waals surface area contributed by atoms with Crippen molar-refractivity contribution in [3.8, 4) is 0 Å². The number of rotatable bonds is 6. The first-order chi connectivity index (χ1) is 13.5. The maximum Gasteiger partial charge on any atom is 0.266 e. The predicted octanol–water partition coefficient (Wildman–Crippen LogP) is 4.62. The molecule has 2 amide bonds. The quantitative estimate of drug-likeness (QED) is 0.554. The zero-order valence-electron chi connectivity index (χ0n) is 15.3. The highest BCUT2D eigenvalue weighted by Crippen LogP contribution is 2.32. The fourth-order valence-corrected chi connectivity index (χ4v) is 4.01. The molecule has 0 atom stereocenters. The van der Waals surface area contributed by atoms with E-state index in [2.05, 4.69) is 12.2 Å². The number of halogens is 1. The third-order valence-electron chi connectivity index (χ3n) is 4.23. The number of thioether (sulfide) groups is 1. The first kappa shape index (κ1) is 20.2. The van der Waals surface area contributed by atoms with Crippen molar-refractivity contribution in [2.45, 2.75) is 19.8 Å². The lowest BCUT2D eigenvalue weighted by atomic mass is 10.1. The van der Waals surface area contributed by atoms with Crippen molar-refractivity contribution in [1.82, 2.24) is 4.90 Å². The summed E-state index contributed by atoms with van der Waals surface area (Å²) in [5, 5.41) is 2.62. The number of thiocarbonyl (C=S) groups is 1. The Kier molecular flexibility index (Phi) is 6.59. The Hall–Kier alpha value is -2.51. The number of hydrogen-bond donors (Lipinski definition) is 1. The number of anilines is 1. The Morgan fingerprint density at radius 3 is 2.68 bits per heavy atom. The molecule has 1 N–H and O–H groups in total. The Labute approximate surface area is 172 Å². The number of amides is 2. The van der Waals surface area contributed by atoms with E-state index in [0.717, 1.165) is 12.0 Å². The van der Waals surface area contributed by atoms with Gasteiger partial charge in [0.2, 0.25) is 5.91 Å². The topological polar surface area (TPSA) is 49.4 Å². The van der Waals surface area contributed by atoms with Crippen molar-refractivity contribution in [1.29, 1.82) is 0 Å². The minimum Gasteiger partial charge on any atom is -0.326 e. The summed E-state index contributed by atoms with van der Waals surface area (Å²) in [4.78, 5) is 26.7. The molecule has 3 rings (SSSR count). The van der Waals surface area contributed by atoms with E-state index in [1.807, 2.05) is 30.3 Å². The summed E-state index contributed by atoms with van der Waals surface area (Å²) in [6.45, 7) is 2.27.